The van der Waals surface area contributed by atoms with Crippen LogP contribution in [0.3, 0.4) is 0 Å². The topological polar surface area (TPSA) is 79.4 Å². The van der Waals surface area contributed by atoms with Gasteiger partial charge in [0.25, 0.3) is 5.91 Å². The van der Waals surface area contributed by atoms with Crippen LogP contribution in [0.5, 0.6) is 0 Å². The van der Waals surface area contributed by atoms with Gasteiger partial charge in [0.1, 0.15) is 10.7 Å². The molecule has 146 valence electrons. The van der Waals surface area contributed by atoms with Gasteiger partial charge < -0.3 is 4.90 Å². The summed E-state index contributed by atoms with van der Waals surface area (Å²) >= 11 is 3.06. The molecule has 0 bridgehead atoms. The number of benzene rings is 1. The zero-order valence-electron chi connectivity index (χ0n) is 14.9. The van der Waals surface area contributed by atoms with Crippen LogP contribution >= 0.6 is 22.7 Å². The number of aromatic nitrogens is 1. The van der Waals surface area contributed by atoms with Crippen LogP contribution in [0.2, 0.25) is 0 Å². The van der Waals surface area contributed by atoms with Gasteiger partial charge in [-0.15, -0.1) is 22.7 Å². The predicted octanol–water partition coefficient (Wildman–Crippen LogP) is 3.45. The molecule has 1 amide bonds. The second kappa shape index (κ2) is 8.12. The highest BCUT2D eigenvalue weighted by atomic mass is 32.2. The van der Waals surface area contributed by atoms with Crippen molar-refractivity contribution in [2.75, 3.05) is 13.1 Å². The number of carbonyl (C=O) groups is 1. The van der Waals surface area contributed by atoms with E-state index in [1.54, 1.807) is 51.9 Å². The number of amides is 1. The highest BCUT2D eigenvalue weighted by Crippen LogP contribution is 2.28. The fourth-order valence-corrected chi connectivity index (χ4v) is 6.07. The van der Waals surface area contributed by atoms with Crippen LogP contribution in [0.25, 0.3) is 9.88 Å². The van der Waals surface area contributed by atoms with Gasteiger partial charge in [-0.25, -0.2) is 18.1 Å². The van der Waals surface area contributed by atoms with Crippen LogP contribution in [0.15, 0.2) is 58.1 Å². The Kier molecular flexibility index (Phi) is 5.58. The first kappa shape index (κ1) is 19.3. The second-order valence-electron chi connectivity index (χ2n) is 6.52. The zero-order chi connectivity index (χ0) is 19.6. The lowest BCUT2D eigenvalue weighted by Crippen LogP contribution is -2.46. The van der Waals surface area contributed by atoms with Crippen molar-refractivity contribution in [2.45, 2.75) is 23.8 Å². The molecule has 3 heterocycles. The minimum Gasteiger partial charge on any atom is -0.337 e. The van der Waals surface area contributed by atoms with Gasteiger partial charge in [-0.05, 0) is 36.4 Å². The highest BCUT2D eigenvalue weighted by Gasteiger charge is 2.28. The molecule has 0 saturated carbocycles. The van der Waals surface area contributed by atoms with Crippen LogP contribution in [-0.2, 0) is 10.0 Å². The SMILES string of the molecule is O=C(c1csc(-c2cccs2)n1)N1CCC(NS(=O)(=O)c2ccccc2)CC1. The quantitative estimate of drug-likeness (QED) is 0.668. The summed E-state index contributed by atoms with van der Waals surface area (Å²) in [7, 11) is -3.53. The van der Waals surface area contributed by atoms with Crippen molar-refractivity contribution in [2.24, 2.45) is 0 Å². The Bertz CT molecular complexity index is 1040. The van der Waals surface area contributed by atoms with Gasteiger partial charge in [-0.2, -0.15) is 0 Å². The summed E-state index contributed by atoms with van der Waals surface area (Å²) in [5, 5.41) is 4.63. The molecule has 1 aliphatic rings. The number of thiophene rings is 1. The average molecular weight is 434 g/mol. The van der Waals surface area contributed by atoms with E-state index >= 15 is 0 Å². The molecule has 1 aliphatic heterocycles. The first-order chi connectivity index (χ1) is 13.5. The van der Waals surface area contributed by atoms with E-state index in [-0.39, 0.29) is 16.8 Å². The lowest BCUT2D eigenvalue weighted by atomic mass is 10.1. The number of carbonyl (C=O) groups excluding carboxylic acids is 1. The molecular formula is C19H19N3O3S3. The summed E-state index contributed by atoms with van der Waals surface area (Å²) in [5.41, 5.74) is 0.455. The Morgan fingerprint density at radius 2 is 1.82 bits per heavy atom. The molecule has 0 spiro atoms. The normalized spacial score (nSPS) is 15.6. The smallest absolute Gasteiger partial charge is 0.273 e. The van der Waals surface area contributed by atoms with E-state index in [0.29, 0.717) is 31.6 Å². The lowest BCUT2D eigenvalue weighted by Gasteiger charge is -2.31. The molecule has 1 saturated heterocycles. The lowest BCUT2D eigenvalue weighted by molar-refractivity contribution is 0.0706. The average Bonchev–Trinajstić information content (AvgIpc) is 3.40. The minimum absolute atomic E-state index is 0.0941. The number of hydrogen-bond acceptors (Lipinski definition) is 6. The van der Waals surface area contributed by atoms with Gasteiger partial charge in [0.15, 0.2) is 0 Å². The van der Waals surface area contributed by atoms with Crippen LogP contribution in [-0.4, -0.2) is 43.3 Å². The number of nitrogens with one attached hydrogen (secondary N) is 1. The zero-order valence-corrected chi connectivity index (χ0v) is 17.4. The molecule has 3 aromatic rings. The highest BCUT2D eigenvalue weighted by molar-refractivity contribution is 7.89. The third kappa shape index (κ3) is 4.17. The maximum absolute atomic E-state index is 12.7. The summed E-state index contributed by atoms with van der Waals surface area (Å²) in [6.07, 6.45) is 1.17. The van der Waals surface area contributed by atoms with Crippen molar-refractivity contribution in [3.8, 4) is 9.88 Å². The van der Waals surface area contributed by atoms with E-state index in [9.17, 15) is 13.2 Å². The minimum atomic E-state index is -3.53. The molecular weight excluding hydrogens is 414 g/mol. The molecule has 1 aromatic carbocycles. The van der Waals surface area contributed by atoms with Gasteiger partial charge >= 0.3 is 0 Å². The molecule has 0 atom stereocenters. The number of thiazole rings is 1. The molecule has 0 radical (unpaired) electrons. The number of nitrogens with zero attached hydrogens (tertiary/aromatic N) is 2. The van der Waals surface area contributed by atoms with E-state index in [2.05, 4.69) is 9.71 Å². The molecule has 4 rings (SSSR count). The van der Waals surface area contributed by atoms with Crippen LogP contribution in [0.1, 0.15) is 23.3 Å². The fraction of sp³-hybridized carbons (Fsp3) is 0.263. The first-order valence-corrected chi connectivity index (χ1v) is 12.1. The summed E-state index contributed by atoms with van der Waals surface area (Å²) in [6.45, 7) is 1.01. The van der Waals surface area contributed by atoms with Crippen LogP contribution in [0.4, 0.5) is 0 Å². The summed E-state index contributed by atoms with van der Waals surface area (Å²) in [4.78, 5) is 20.3. The van der Waals surface area contributed by atoms with Crippen LogP contribution < -0.4 is 4.72 Å². The van der Waals surface area contributed by atoms with Gasteiger partial charge in [-0.3, -0.25) is 4.79 Å². The van der Waals surface area contributed by atoms with Crippen molar-refractivity contribution >= 4 is 38.6 Å². The van der Waals surface area contributed by atoms with Crippen molar-refractivity contribution in [3.05, 3.63) is 58.9 Å². The Hall–Kier alpha value is -2.07. The monoisotopic (exact) mass is 433 g/mol. The standard InChI is InChI=1S/C19H19N3O3S3/c23-19(16-13-27-18(20-16)17-7-4-12-26-17)22-10-8-14(9-11-22)21-28(24,25)15-5-2-1-3-6-15/h1-7,12-14,21H,8-11H2. The van der Waals surface area contributed by atoms with Crippen molar-refractivity contribution in [1.82, 2.24) is 14.6 Å². The van der Waals surface area contributed by atoms with E-state index in [1.165, 1.54) is 11.3 Å². The van der Waals surface area contributed by atoms with Crippen molar-refractivity contribution in [1.29, 1.82) is 0 Å². The second-order valence-corrected chi connectivity index (χ2v) is 10.0. The molecule has 0 unspecified atom stereocenters. The molecule has 0 aliphatic carbocycles. The molecule has 1 N–H and O–H groups in total. The Morgan fingerprint density at radius 3 is 2.50 bits per heavy atom. The van der Waals surface area contributed by atoms with Gasteiger partial charge in [0.2, 0.25) is 10.0 Å². The van der Waals surface area contributed by atoms with Gasteiger partial charge in [0.05, 0.1) is 9.77 Å². The third-order valence-electron chi connectivity index (χ3n) is 4.61. The first-order valence-electron chi connectivity index (χ1n) is 8.89. The third-order valence-corrected chi connectivity index (χ3v) is 8.03. The molecule has 1 fully saturated rings. The van der Waals surface area contributed by atoms with Crippen molar-refractivity contribution in [3.63, 3.8) is 0 Å². The number of rotatable bonds is 5. The van der Waals surface area contributed by atoms with Gasteiger partial charge in [0, 0.05) is 24.5 Å². The van der Waals surface area contributed by atoms with E-state index in [4.69, 9.17) is 0 Å². The van der Waals surface area contributed by atoms with E-state index in [0.717, 1.165) is 9.88 Å². The number of likely N-dealkylation sites (tertiary alicyclic amines) is 1. The van der Waals surface area contributed by atoms with Crippen LogP contribution in [0, 0.1) is 0 Å². The maximum Gasteiger partial charge on any atom is 0.273 e. The van der Waals surface area contributed by atoms with E-state index in [1.807, 2.05) is 17.5 Å². The summed E-state index contributed by atoms with van der Waals surface area (Å²) in [5.74, 6) is -0.0941. The summed E-state index contributed by atoms with van der Waals surface area (Å²) in [6, 6.07) is 12.1. The number of piperidine rings is 1. The summed E-state index contributed by atoms with van der Waals surface area (Å²) < 4.78 is 27.7. The molecule has 6 nitrogen and oxygen atoms in total. The van der Waals surface area contributed by atoms with Gasteiger partial charge in [-0.1, -0.05) is 24.3 Å². The Morgan fingerprint density at radius 1 is 1.07 bits per heavy atom. The molecule has 9 heteroatoms. The predicted molar refractivity (Wildman–Crippen MR) is 111 cm³/mol. The maximum atomic E-state index is 12.7. The molecule has 28 heavy (non-hydrogen) atoms. The number of sulfonamides is 1. The number of hydrogen-bond donors (Lipinski definition) is 1. The molecule has 2 aromatic heterocycles. The van der Waals surface area contributed by atoms with E-state index < -0.39 is 10.0 Å². The fourth-order valence-electron chi connectivity index (χ4n) is 3.13. The van der Waals surface area contributed by atoms with Crippen molar-refractivity contribution < 1.29 is 13.2 Å². The Labute approximate surface area is 171 Å². The Balaban J connectivity index is 1.36. The largest absolute Gasteiger partial charge is 0.337 e.